The predicted molar refractivity (Wildman–Crippen MR) is 114 cm³/mol. The highest BCUT2D eigenvalue weighted by Crippen LogP contribution is 2.30. The SMILES string of the molecule is C=CCN(C)/N=C1/CN(c2ccc(N3CC(CNC(C)=O)OC3=O)cc2F)CC1=C. The van der Waals surface area contributed by atoms with E-state index in [-0.39, 0.29) is 19.0 Å². The van der Waals surface area contributed by atoms with Crippen LogP contribution in [-0.2, 0) is 9.53 Å². The molecule has 1 aromatic carbocycles. The van der Waals surface area contributed by atoms with Crippen LogP contribution >= 0.6 is 0 Å². The molecule has 3 rings (SSSR count). The Hall–Kier alpha value is -3.36. The molecule has 160 valence electrons. The van der Waals surface area contributed by atoms with E-state index in [1.165, 1.54) is 17.9 Å². The molecule has 0 saturated carbocycles. The first-order valence-electron chi connectivity index (χ1n) is 9.63. The van der Waals surface area contributed by atoms with E-state index in [4.69, 9.17) is 4.74 Å². The van der Waals surface area contributed by atoms with Crippen LogP contribution < -0.4 is 15.1 Å². The number of rotatable bonds is 7. The number of amides is 2. The highest BCUT2D eigenvalue weighted by Gasteiger charge is 2.33. The number of hydrogen-bond acceptors (Lipinski definition) is 6. The topological polar surface area (TPSA) is 77.5 Å². The molecule has 1 aromatic rings. The van der Waals surface area contributed by atoms with Crippen LogP contribution in [0.15, 0.2) is 48.1 Å². The molecule has 0 spiro atoms. The minimum Gasteiger partial charge on any atom is -0.442 e. The second-order valence-corrected chi connectivity index (χ2v) is 7.32. The number of nitrogens with one attached hydrogen (secondary N) is 1. The Labute approximate surface area is 175 Å². The van der Waals surface area contributed by atoms with Gasteiger partial charge in [0, 0.05) is 20.5 Å². The summed E-state index contributed by atoms with van der Waals surface area (Å²) in [6, 6.07) is 4.64. The van der Waals surface area contributed by atoms with E-state index in [0.29, 0.717) is 31.0 Å². The number of ether oxygens (including phenoxy) is 1. The monoisotopic (exact) mass is 415 g/mol. The molecule has 1 N–H and O–H groups in total. The molecule has 2 saturated heterocycles. The van der Waals surface area contributed by atoms with Crippen LogP contribution in [0.1, 0.15) is 6.92 Å². The van der Waals surface area contributed by atoms with Gasteiger partial charge in [0.1, 0.15) is 11.9 Å². The Bertz CT molecular complexity index is 901. The normalized spacial score (nSPS) is 20.0. The third-order valence-electron chi connectivity index (χ3n) is 4.85. The van der Waals surface area contributed by atoms with Gasteiger partial charge in [0.2, 0.25) is 5.91 Å². The molecular formula is C21H26FN5O3. The van der Waals surface area contributed by atoms with Crippen molar-refractivity contribution in [3.05, 3.63) is 48.8 Å². The number of halogens is 1. The van der Waals surface area contributed by atoms with Gasteiger partial charge in [-0.2, -0.15) is 5.10 Å². The quantitative estimate of drug-likeness (QED) is 0.545. The highest BCUT2D eigenvalue weighted by molar-refractivity contribution is 6.06. The van der Waals surface area contributed by atoms with Crippen LogP contribution in [0.4, 0.5) is 20.6 Å². The maximum Gasteiger partial charge on any atom is 0.414 e. The molecular weight excluding hydrogens is 389 g/mol. The Balaban J connectivity index is 1.70. The minimum atomic E-state index is -0.563. The van der Waals surface area contributed by atoms with Crippen molar-refractivity contribution in [1.29, 1.82) is 0 Å². The molecule has 1 unspecified atom stereocenters. The van der Waals surface area contributed by atoms with Crippen LogP contribution in [0.5, 0.6) is 0 Å². The number of benzene rings is 1. The molecule has 2 amide bonds. The minimum absolute atomic E-state index is 0.203. The van der Waals surface area contributed by atoms with Crippen molar-refractivity contribution >= 4 is 29.1 Å². The second kappa shape index (κ2) is 8.98. The largest absolute Gasteiger partial charge is 0.442 e. The number of carbonyl (C=O) groups excluding carboxylic acids is 2. The number of anilines is 2. The van der Waals surface area contributed by atoms with E-state index >= 15 is 0 Å². The molecule has 8 nitrogen and oxygen atoms in total. The van der Waals surface area contributed by atoms with Crippen molar-refractivity contribution < 1.29 is 18.7 Å². The maximum absolute atomic E-state index is 14.9. The summed E-state index contributed by atoms with van der Waals surface area (Å²) in [4.78, 5) is 26.4. The summed E-state index contributed by atoms with van der Waals surface area (Å²) in [5.74, 6) is -0.648. The van der Waals surface area contributed by atoms with Gasteiger partial charge >= 0.3 is 6.09 Å². The van der Waals surface area contributed by atoms with Crippen molar-refractivity contribution in [1.82, 2.24) is 10.3 Å². The smallest absolute Gasteiger partial charge is 0.414 e. The molecule has 2 heterocycles. The molecule has 0 bridgehead atoms. The zero-order valence-electron chi connectivity index (χ0n) is 17.2. The number of hydrogen-bond donors (Lipinski definition) is 1. The summed E-state index contributed by atoms with van der Waals surface area (Å²) < 4.78 is 20.1. The molecule has 2 fully saturated rings. The number of nitrogens with zero attached hydrogens (tertiary/aromatic N) is 4. The van der Waals surface area contributed by atoms with E-state index < -0.39 is 18.0 Å². The van der Waals surface area contributed by atoms with Crippen molar-refractivity contribution in [2.45, 2.75) is 13.0 Å². The molecule has 0 aromatic heterocycles. The lowest BCUT2D eigenvalue weighted by Gasteiger charge is -2.20. The Morgan fingerprint density at radius 1 is 1.47 bits per heavy atom. The van der Waals surface area contributed by atoms with Crippen molar-refractivity contribution in [2.75, 3.05) is 49.6 Å². The van der Waals surface area contributed by atoms with Gasteiger partial charge in [0.05, 0.1) is 43.3 Å². The van der Waals surface area contributed by atoms with Gasteiger partial charge < -0.3 is 15.0 Å². The summed E-state index contributed by atoms with van der Waals surface area (Å²) in [7, 11) is 1.84. The van der Waals surface area contributed by atoms with Crippen LogP contribution in [0.2, 0.25) is 0 Å². The lowest BCUT2D eigenvalue weighted by atomic mass is 10.2. The van der Waals surface area contributed by atoms with E-state index in [1.807, 2.05) is 11.9 Å². The van der Waals surface area contributed by atoms with Crippen molar-refractivity contribution in [2.24, 2.45) is 5.10 Å². The molecule has 2 aliphatic rings. The van der Waals surface area contributed by atoms with Crippen molar-refractivity contribution in [3.8, 4) is 0 Å². The van der Waals surface area contributed by atoms with E-state index in [2.05, 4.69) is 23.6 Å². The van der Waals surface area contributed by atoms with Gasteiger partial charge in [-0.1, -0.05) is 12.7 Å². The first kappa shape index (κ1) is 21.4. The zero-order chi connectivity index (χ0) is 21.8. The fraction of sp³-hybridized carbons (Fsp3) is 0.381. The third-order valence-corrected chi connectivity index (χ3v) is 4.85. The van der Waals surface area contributed by atoms with Crippen LogP contribution in [0, 0.1) is 5.82 Å². The lowest BCUT2D eigenvalue weighted by Crippen LogP contribution is -2.33. The van der Waals surface area contributed by atoms with E-state index in [0.717, 1.165) is 11.3 Å². The number of carbonyl (C=O) groups is 2. The van der Waals surface area contributed by atoms with Crippen LogP contribution in [0.3, 0.4) is 0 Å². The molecule has 0 aliphatic carbocycles. The fourth-order valence-electron chi connectivity index (χ4n) is 3.39. The average Bonchev–Trinajstić information content (AvgIpc) is 3.22. The van der Waals surface area contributed by atoms with E-state index in [9.17, 15) is 14.0 Å². The zero-order valence-corrected chi connectivity index (χ0v) is 17.2. The van der Waals surface area contributed by atoms with Gasteiger partial charge in [0.25, 0.3) is 0 Å². The van der Waals surface area contributed by atoms with Crippen molar-refractivity contribution in [3.63, 3.8) is 0 Å². The highest BCUT2D eigenvalue weighted by atomic mass is 19.1. The molecule has 9 heteroatoms. The maximum atomic E-state index is 14.9. The van der Waals surface area contributed by atoms with Crippen LogP contribution in [0.25, 0.3) is 0 Å². The average molecular weight is 415 g/mol. The fourth-order valence-corrected chi connectivity index (χ4v) is 3.39. The summed E-state index contributed by atoms with van der Waals surface area (Å²) in [5, 5.41) is 8.87. The Morgan fingerprint density at radius 2 is 2.23 bits per heavy atom. The van der Waals surface area contributed by atoms with Gasteiger partial charge in [-0.3, -0.25) is 14.7 Å². The Morgan fingerprint density at radius 3 is 2.90 bits per heavy atom. The summed E-state index contributed by atoms with van der Waals surface area (Å²) in [5.41, 5.74) is 2.45. The van der Waals surface area contributed by atoms with Gasteiger partial charge in [-0.25, -0.2) is 9.18 Å². The molecule has 2 aliphatic heterocycles. The van der Waals surface area contributed by atoms with Gasteiger partial charge in [-0.15, -0.1) is 6.58 Å². The second-order valence-electron chi connectivity index (χ2n) is 7.32. The number of cyclic esters (lactones) is 1. The first-order chi connectivity index (χ1) is 14.3. The molecule has 0 radical (unpaired) electrons. The standard InChI is InChI=1S/C21H26FN5O3/c1-5-8-25(4)24-19-13-26(11-14(19)2)20-7-6-16(9-18(20)22)27-12-17(30-21(27)29)10-23-15(3)28/h5-7,9,17H,1-2,8,10-13H2,3-4H3,(H,23,28)/b24-19-. The lowest BCUT2D eigenvalue weighted by molar-refractivity contribution is -0.119. The predicted octanol–water partition coefficient (Wildman–Crippen LogP) is 2.14. The Kier molecular flexibility index (Phi) is 6.39. The van der Waals surface area contributed by atoms with Gasteiger partial charge in [-0.05, 0) is 23.8 Å². The van der Waals surface area contributed by atoms with Crippen LogP contribution in [-0.4, -0.2) is 68.6 Å². The third kappa shape index (κ3) is 4.79. The molecule has 30 heavy (non-hydrogen) atoms. The van der Waals surface area contributed by atoms with Gasteiger partial charge in [0.15, 0.2) is 0 Å². The number of likely N-dealkylation sites (N-methyl/N-ethyl adjacent to an activating group) is 1. The molecule has 1 atom stereocenters. The first-order valence-corrected chi connectivity index (χ1v) is 9.63. The summed E-state index contributed by atoms with van der Waals surface area (Å²) >= 11 is 0. The summed E-state index contributed by atoms with van der Waals surface area (Å²) in [6.45, 7) is 11.1. The van der Waals surface area contributed by atoms with E-state index in [1.54, 1.807) is 23.2 Å². The summed E-state index contributed by atoms with van der Waals surface area (Å²) in [6.07, 6.45) is 0.714. The number of hydrazone groups is 1.